The van der Waals surface area contributed by atoms with Crippen molar-refractivity contribution < 1.29 is 195 Å². The fourth-order valence-corrected chi connectivity index (χ4v) is 24.9. The Balaban J connectivity index is 0.000000216. The summed E-state index contributed by atoms with van der Waals surface area (Å²) >= 11 is 0. The quantitative estimate of drug-likeness (QED) is 0.0576. The van der Waals surface area contributed by atoms with Crippen LogP contribution in [0, 0.1) is 71.0 Å². The first-order chi connectivity index (χ1) is 69.5. The highest BCUT2D eigenvalue weighted by Gasteiger charge is 2.66. The lowest BCUT2D eigenvalue weighted by Crippen LogP contribution is -2.61. The van der Waals surface area contributed by atoms with Crippen molar-refractivity contribution in [2.45, 2.75) is 443 Å². The van der Waals surface area contributed by atoms with Gasteiger partial charge in [0.15, 0.2) is 90.5 Å². The van der Waals surface area contributed by atoms with Gasteiger partial charge in [0.2, 0.25) is 0 Å². The Hall–Kier alpha value is -8.80. The molecule has 0 aromatic carbocycles. The molecule has 45 atom stereocenters. The van der Waals surface area contributed by atoms with Crippen molar-refractivity contribution in [1.29, 1.82) is 0 Å². The van der Waals surface area contributed by atoms with E-state index in [0.717, 1.165) is 0 Å². The van der Waals surface area contributed by atoms with Crippen LogP contribution in [0.15, 0.2) is 12.7 Å². The van der Waals surface area contributed by atoms with Crippen LogP contribution in [-0.4, -0.2) is 358 Å². The molecule has 0 spiro atoms. The van der Waals surface area contributed by atoms with Gasteiger partial charge in [-0.1, -0.05) is 95.7 Å². The van der Waals surface area contributed by atoms with Crippen LogP contribution >= 0.6 is 0 Å². The van der Waals surface area contributed by atoms with E-state index < -0.39 is 300 Å². The third-order valence-electron chi connectivity index (χ3n) is 34.0. The highest BCUT2D eigenvalue weighted by Crippen LogP contribution is 2.51. The van der Waals surface area contributed by atoms with Crippen LogP contribution in [0.5, 0.6) is 0 Å². The second-order valence-corrected chi connectivity index (χ2v) is 44.7. The number of methoxy groups -OCH3 is 4. The summed E-state index contributed by atoms with van der Waals surface area (Å²) in [6.45, 7) is 48.1. The number of ether oxygens (including phenoxy) is 26. The van der Waals surface area contributed by atoms with E-state index >= 15 is 0 Å². The number of carbonyl (C=O) groups excluding carboxylic acids is 14. The Labute approximate surface area is 872 Å². The zero-order valence-corrected chi connectivity index (χ0v) is 92.6. The summed E-state index contributed by atoms with van der Waals surface area (Å²) in [6.07, 6.45) is -21.7. The second kappa shape index (κ2) is 47.7. The summed E-state index contributed by atoms with van der Waals surface area (Å²) < 4.78 is 156. The standard InChI is InChI=1S/C43H67NO17.C31H49NO12.C31H47NO12/c1-15-17-52-39(48)60-35-26(8)54-29(20-42(35,10)51-14)56-31-24(6)33(58-37-32-27(18-22(4)53-37)44(12)38(47)57-32)41(9,50-13)19-21(3)30(45)23(5)34-43(11,61-40(49)59-34)28(16-2)55-36(46)25(31)7;2*1-11-20-31(8)25(43-29(37)44-31)16(4)21(33)14(2)13-30(7,38-10)24(17(5)22(34)18(6)26(35)40-20)42-27-23-19(12-15(3)39-27)32(9)28(36)41-23/h15,21-29,31-35,37H,1,16-20H2,2-14H3;14-20,22-25,27,34H,11-13H2,1-10H3;14-20,23-25,27H,11-13H2,1-10H3/t21-,22-,23+,24+,25-,26+,27+,28-,29?,31+,32?,33-,34-,35+,37?,41-,42-,43-;14-,15-,16+,17+,18-,19+,20-,22+,23?,24-,25-,27?,30-,31-;14-,15-,16+,17+,18-,19+,20-,23?,24-,25-,27?,30-,31-/m111/s1. The van der Waals surface area contributed by atoms with Crippen molar-refractivity contribution in [1.82, 2.24) is 14.7 Å². The third kappa shape index (κ3) is 24.3. The van der Waals surface area contributed by atoms with Crippen molar-refractivity contribution in [2.75, 3.05) is 56.2 Å². The van der Waals surface area contributed by atoms with Crippen molar-refractivity contribution in [3.63, 3.8) is 0 Å². The number of hydrogen-bond donors (Lipinski definition) is 1. The first-order valence-corrected chi connectivity index (χ1v) is 52.4. The molecule has 3 amide bonds. The molecule has 1 N–H and O–H groups in total. The van der Waals surface area contributed by atoms with E-state index in [2.05, 4.69) is 6.58 Å². The topological polar surface area (TPSA) is 509 Å². The first-order valence-electron chi connectivity index (χ1n) is 52.4. The fourth-order valence-electron chi connectivity index (χ4n) is 24.9. The maximum absolute atomic E-state index is 14.6. The maximum Gasteiger partial charge on any atom is 0.509 e. The number of amides is 3. The van der Waals surface area contributed by atoms with Gasteiger partial charge in [0.25, 0.3) is 0 Å². The molecule has 0 aromatic rings. The minimum absolute atomic E-state index is 0.0364. The van der Waals surface area contributed by atoms with E-state index in [1.54, 1.807) is 167 Å². The molecule has 44 nitrogen and oxygen atoms in total. The molecular formula is C105H163N3O41. The number of carbonyl (C=O) groups is 14. The van der Waals surface area contributed by atoms with Crippen molar-refractivity contribution in [3.8, 4) is 0 Å². The van der Waals surface area contributed by atoms with Gasteiger partial charge in [-0.15, -0.1) is 0 Å². The van der Waals surface area contributed by atoms with E-state index in [1.165, 1.54) is 56.1 Å². The van der Waals surface area contributed by atoms with Gasteiger partial charge >= 0.3 is 60.8 Å². The largest absolute Gasteiger partial charge is 0.509 e. The predicted molar refractivity (Wildman–Crippen MR) is 518 cm³/mol. The number of hydrogen-bond acceptors (Lipinski definition) is 41. The monoisotopic (exact) mass is 2120 g/mol. The molecular weight excluding hydrogens is 1960 g/mol. The van der Waals surface area contributed by atoms with Gasteiger partial charge in [-0.2, -0.15) is 0 Å². The highest BCUT2D eigenvalue weighted by molar-refractivity contribution is 6.00. The smallest absolute Gasteiger partial charge is 0.458 e. The van der Waals surface area contributed by atoms with Gasteiger partial charge in [-0.3, -0.25) is 33.6 Å². The number of likely N-dealkylation sites (N-methyl/N-ethyl adjacent to an activating group) is 3. The molecule has 7 unspecified atom stereocenters. The summed E-state index contributed by atoms with van der Waals surface area (Å²) in [5, 5.41) is 11.6. The number of fused-ring (bicyclic) bond motifs is 6. The van der Waals surface area contributed by atoms with E-state index in [4.69, 9.17) is 123 Å². The molecule has 0 bridgehead atoms. The molecule has 44 heteroatoms. The molecule has 13 aliphatic rings. The lowest BCUT2D eigenvalue weighted by molar-refractivity contribution is -0.315. The van der Waals surface area contributed by atoms with Crippen LogP contribution in [0.3, 0.4) is 0 Å². The van der Waals surface area contributed by atoms with Gasteiger partial charge in [0.1, 0.15) is 53.8 Å². The SMILES string of the molecule is C=CCOC(=O)O[C@H]1[C@H](C)OC(O[C@H]2[C@H](C)[C@@H](OC3O[C@H](C)C[C@H]4C3OC(=O)N4C)[C@](C)(OC)C[C@@H](C)C(=O)[C@H](C)[C@H]3OC(=O)O[C@]3(C)[C@@H](CC)OC(=O)[C@@H]2C)C[C@@]1(C)OC.CC[C@H]1OC(=O)[C@H](C)C(=O)[C@H](C)[C@@H](OC2O[C@H](C)C[C@H]3C2OC(=O)N3C)[C@](C)(OC)C[C@@H](C)C(=O)[C@H](C)[C@H]2OC(=O)O[C@@]21C.CC[C@H]1OC(=O)[C@H](C)[C@@H](O)[C@H](C)[C@@H](OC2O[C@H](C)C[C@H]3C2OC(=O)N3C)[C@](C)(OC)C[C@@H](C)C(=O)[C@H](C)[C@H]2OC(=O)O[C@@]21C. The summed E-state index contributed by atoms with van der Waals surface area (Å²) in [5.41, 5.74) is -9.32. The molecule has 13 aliphatic heterocycles. The zero-order valence-electron chi connectivity index (χ0n) is 92.6. The second-order valence-electron chi connectivity index (χ2n) is 44.7. The van der Waals surface area contributed by atoms with Crippen LogP contribution in [0.4, 0.5) is 33.6 Å². The predicted octanol–water partition coefficient (Wildman–Crippen LogP) is 12.2. The molecule has 13 saturated heterocycles. The Morgan fingerprint density at radius 2 is 0.711 bits per heavy atom. The number of esters is 3. The Kier molecular flexibility index (Phi) is 38.5. The van der Waals surface area contributed by atoms with E-state index in [1.807, 2.05) is 27.7 Å². The molecule has 0 saturated carbocycles. The van der Waals surface area contributed by atoms with Crippen LogP contribution in [-0.2, 0) is 157 Å². The first kappa shape index (κ1) is 120. The Bertz CT molecular complexity index is 4810. The number of Topliss-reactive ketones (excluding diaryl/α,β-unsaturated/α-hetero) is 4. The summed E-state index contributed by atoms with van der Waals surface area (Å²) in [7, 11) is 10.9. The molecule has 0 aromatic heterocycles. The number of nitrogens with zero attached hydrogens (tertiary/aromatic N) is 3. The van der Waals surface area contributed by atoms with E-state index in [9.17, 15) is 72.2 Å². The molecule has 13 rings (SSSR count). The van der Waals surface area contributed by atoms with E-state index in [-0.39, 0.29) is 105 Å². The van der Waals surface area contributed by atoms with E-state index in [0.29, 0.717) is 19.3 Å². The summed E-state index contributed by atoms with van der Waals surface area (Å²) in [6, 6.07) is -0.937. The summed E-state index contributed by atoms with van der Waals surface area (Å²) in [4.78, 5) is 190. The van der Waals surface area contributed by atoms with Crippen molar-refractivity contribution in [3.05, 3.63) is 12.7 Å². The van der Waals surface area contributed by atoms with Crippen LogP contribution in [0.1, 0.15) is 244 Å². The zero-order chi connectivity index (χ0) is 111. The molecule has 844 valence electrons. The molecule has 13 fully saturated rings. The number of aliphatic hydroxyl groups is 1. The average Bonchev–Trinajstić information content (AvgIpc) is 1.65. The molecule has 0 aliphatic carbocycles. The van der Waals surface area contributed by atoms with Gasteiger partial charge < -0.3 is 143 Å². The van der Waals surface area contributed by atoms with Gasteiger partial charge in [-0.05, 0) is 155 Å². The minimum Gasteiger partial charge on any atom is -0.458 e. The number of aliphatic hydroxyl groups excluding tert-OH is 1. The van der Waals surface area contributed by atoms with Gasteiger partial charge in [0.05, 0.1) is 119 Å². The van der Waals surface area contributed by atoms with Crippen LogP contribution in [0.2, 0.25) is 0 Å². The number of ketones is 4. The van der Waals surface area contributed by atoms with Gasteiger partial charge in [-0.25, -0.2) is 33.6 Å². The fraction of sp³-hybridized carbons (Fsp3) is 0.848. The van der Waals surface area contributed by atoms with Gasteiger partial charge in [0, 0.05) is 91.5 Å². The lowest BCUT2D eigenvalue weighted by atomic mass is 9.74. The van der Waals surface area contributed by atoms with Crippen molar-refractivity contribution in [2.24, 2.45) is 71.0 Å². The van der Waals surface area contributed by atoms with Crippen LogP contribution < -0.4 is 0 Å². The third-order valence-corrected chi connectivity index (χ3v) is 34.0. The van der Waals surface area contributed by atoms with Crippen molar-refractivity contribution >= 4 is 83.9 Å². The summed E-state index contributed by atoms with van der Waals surface area (Å²) in [5.74, 6) is -13.7. The number of cyclic esters (lactones) is 3. The van der Waals surface area contributed by atoms with Crippen LogP contribution in [0.25, 0.3) is 0 Å². The minimum atomic E-state index is -1.51. The average molecular weight is 2120 g/mol. The highest BCUT2D eigenvalue weighted by atomic mass is 16.8. The maximum atomic E-state index is 14.6. The normalized spacial score (nSPS) is 45.6. The Morgan fingerprint density at radius 3 is 1.05 bits per heavy atom. The molecule has 0 radical (unpaired) electrons. The number of rotatable bonds is 18. The Morgan fingerprint density at radius 1 is 0.389 bits per heavy atom. The molecule has 149 heavy (non-hydrogen) atoms. The lowest BCUT2D eigenvalue weighted by Gasteiger charge is -2.49. The molecule has 13 heterocycles.